The molecule has 29 heavy (non-hydrogen) atoms. The first kappa shape index (κ1) is 19.8. The summed E-state index contributed by atoms with van der Waals surface area (Å²) in [5.74, 6) is 0.838. The molecule has 0 heterocycles. The predicted molar refractivity (Wildman–Crippen MR) is 126 cm³/mol. The van der Waals surface area contributed by atoms with Crippen LogP contribution in [0.3, 0.4) is 0 Å². The highest BCUT2D eigenvalue weighted by atomic mass is 79.9. The van der Waals surface area contributed by atoms with Crippen molar-refractivity contribution in [3.05, 3.63) is 105 Å². The second-order valence-corrected chi connectivity index (χ2v) is 8.34. The molecule has 0 atom stereocenters. The molecule has 4 rings (SSSR count). The quantitative estimate of drug-likeness (QED) is 0.313. The van der Waals surface area contributed by atoms with Crippen LogP contribution < -0.4 is 10.1 Å². The van der Waals surface area contributed by atoms with Crippen molar-refractivity contribution in [2.75, 3.05) is 5.32 Å². The molecule has 0 aliphatic heterocycles. The smallest absolute Gasteiger partial charge is 0.124 e. The molecule has 0 fully saturated rings. The van der Waals surface area contributed by atoms with Gasteiger partial charge in [-0.1, -0.05) is 70.0 Å². The molecule has 0 saturated heterocycles. The fourth-order valence-electron chi connectivity index (χ4n) is 3.42. The molecule has 0 aliphatic carbocycles. The van der Waals surface area contributed by atoms with Gasteiger partial charge in [0.15, 0.2) is 0 Å². The molecule has 4 aromatic rings. The third kappa shape index (κ3) is 4.75. The number of nitrogens with one attached hydrogen (secondary N) is 1. The van der Waals surface area contributed by atoms with E-state index in [1.807, 2.05) is 24.3 Å². The summed E-state index contributed by atoms with van der Waals surface area (Å²) in [6, 6.07) is 26.6. The molecule has 1 N–H and O–H groups in total. The van der Waals surface area contributed by atoms with Gasteiger partial charge in [0.1, 0.15) is 12.4 Å². The minimum Gasteiger partial charge on any atom is -0.489 e. The van der Waals surface area contributed by atoms with Gasteiger partial charge in [0.2, 0.25) is 0 Å². The highest BCUT2D eigenvalue weighted by Crippen LogP contribution is 2.27. The van der Waals surface area contributed by atoms with Crippen molar-refractivity contribution in [3.63, 3.8) is 0 Å². The number of halogens is 2. The average Bonchev–Trinajstić information content (AvgIpc) is 2.72. The van der Waals surface area contributed by atoms with Crippen LogP contribution in [0.2, 0.25) is 5.02 Å². The van der Waals surface area contributed by atoms with E-state index >= 15 is 0 Å². The summed E-state index contributed by atoms with van der Waals surface area (Å²) in [6.45, 7) is 3.23. The van der Waals surface area contributed by atoms with Crippen LogP contribution in [0, 0.1) is 6.92 Å². The monoisotopic (exact) mass is 465 g/mol. The zero-order valence-corrected chi connectivity index (χ0v) is 18.4. The van der Waals surface area contributed by atoms with Crippen LogP contribution in [0.1, 0.15) is 16.7 Å². The summed E-state index contributed by atoms with van der Waals surface area (Å²) in [7, 11) is 0. The Kier molecular flexibility index (Phi) is 6.08. The highest BCUT2D eigenvalue weighted by Gasteiger charge is 2.08. The Hall–Kier alpha value is -2.49. The van der Waals surface area contributed by atoms with Gasteiger partial charge in [-0.05, 0) is 65.2 Å². The molecule has 0 aromatic heterocycles. The highest BCUT2D eigenvalue weighted by molar-refractivity contribution is 9.10. The summed E-state index contributed by atoms with van der Waals surface area (Å²) in [4.78, 5) is 0. The Bertz CT molecular complexity index is 1150. The van der Waals surface area contributed by atoms with Crippen molar-refractivity contribution in [1.29, 1.82) is 0 Å². The van der Waals surface area contributed by atoms with E-state index in [0.717, 1.165) is 21.5 Å². The van der Waals surface area contributed by atoms with Gasteiger partial charge in [-0.15, -0.1) is 0 Å². The third-order valence-electron chi connectivity index (χ3n) is 4.94. The van der Waals surface area contributed by atoms with Gasteiger partial charge in [0.25, 0.3) is 0 Å². The molecule has 0 spiro atoms. The molecule has 0 aliphatic rings. The molecular weight excluding hydrogens is 446 g/mol. The topological polar surface area (TPSA) is 21.3 Å². The second kappa shape index (κ2) is 8.89. The van der Waals surface area contributed by atoms with Crippen molar-refractivity contribution < 1.29 is 4.74 Å². The van der Waals surface area contributed by atoms with Crippen LogP contribution in [0.15, 0.2) is 83.3 Å². The number of anilines is 1. The summed E-state index contributed by atoms with van der Waals surface area (Å²) in [5.41, 5.74) is 4.47. The van der Waals surface area contributed by atoms with Crippen molar-refractivity contribution in [1.82, 2.24) is 0 Å². The van der Waals surface area contributed by atoms with E-state index in [1.165, 1.54) is 21.9 Å². The molecule has 2 nitrogen and oxygen atoms in total. The van der Waals surface area contributed by atoms with E-state index < -0.39 is 0 Å². The lowest BCUT2D eigenvalue weighted by Crippen LogP contribution is -2.05. The number of hydrogen-bond donors (Lipinski definition) is 1. The van der Waals surface area contributed by atoms with Crippen molar-refractivity contribution >= 4 is 44.0 Å². The van der Waals surface area contributed by atoms with Gasteiger partial charge < -0.3 is 10.1 Å². The molecule has 0 unspecified atom stereocenters. The van der Waals surface area contributed by atoms with Gasteiger partial charge in [0.05, 0.1) is 0 Å². The lowest BCUT2D eigenvalue weighted by atomic mass is 10.1. The van der Waals surface area contributed by atoms with Crippen LogP contribution in [0.25, 0.3) is 10.8 Å². The van der Waals surface area contributed by atoms with Gasteiger partial charge in [-0.3, -0.25) is 0 Å². The van der Waals surface area contributed by atoms with Crippen molar-refractivity contribution in [2.45, 2.75) is 20.1 Å². The summed E-state index contributed by atoms with van der Waals surface area (Å²) < 4.78 is 7.29. The lowest BCUT2D eigenvalue weighted by molar-refractivity contribution is 0.305. The fourth-order valence-corrected chi connectivity index (χ4v) is 4.09. The average molecular weight is 467 g/mol. The van der Waals surface area contributed by atoms with Crippen LogP contribution in [0.5, 0.6) is 5.75 Å². The summed E-state index contributed by atoms with van der Waals surface area (Å²) >= 11 is 9.76. The van der Waals surface area contributed by atoms with E-state index in [0.29, 0.717) is 18.2 Å². The number of aryl methyl sites for hydroxylation is 1. The van der Waals surface area contributed by atoms with Crippen LogP contribution in [0.4, 0.5) is 5.69 Å². The van der Waals surface area contributed by atoms with Crippen molar-refractivity contribution in [3.8, 4) is 5.75 Å². The Morgan fingerprint density at radius 2 is 1.72 bits per heavy atom. The summed E-state index contributed by atoms with van der Waals surface area (Å²) in [5, 5.41) is 6.63. The van der Waals surface area contributed by atoms with Crippen molar-refractivity contribution in [2.24, 2.45) is 0 Å². The Balaban J connectivity index is 1.53. The first-order valence-electron chi connectivity index (χ1n) is 9.48. The molecule has 0 amide bonds. The number of ether oxygens (including phenoxy) is 1. The van der Waals surface area contributed by atoms with Crippen LogP contribution in [-0.4, -0.2) is 0 Å². The number of rotatable bonds is 6. The Morgan fingerprint density at radius 1 is 0.897 bits per heavy atom. The third-order valence-corrected chi connectivity index (χ3v) is 5.67. The minimum atomic E-state index is 0.507. The first-order valence-corrected chi connectivity index (χ1v) is 10.6. The summed E-state index contributed by atoms with van der Waals surface area (Å²) in [6.07, 6.45) is 0. The van der Waals surface area contributed by atoms with Crippen LogP contribution >= 0.6 is 27.5 Å². The molecule has 0 radical (unpaired) electrons. The molecule has 0 bridgehead atoms. The van der Waals surface area contributed by atoms with E-state index in [9.17, 15) is 0 Å². The number of benzene rings is 4. The standard InChI is InChI=1S/C25H21BrClNO/c1-17-13-21(26)9-11-24(17)28-15-20-14-22(27)10-12-25(20)29-16-19-7-4-6-18-5-2-3-8-23(18)19/h2-14,28H,15-16H2,1H3. The molecule has 0 saturated carbocycles. The van der Waals surface area contributed by atoms with E-state index in [-0.39, 0.29) is 0 Å². The van der Waals surface area contributed by atoms with Gasteiger partial charge in [-0.2, -0.15) is 0 Å². The predicted octanol–water partition coefficient (Wildman–Crippen LogP) is 7.76. The largest absolute Gasteiger partial charge is 0.489 e. The van der Waals surface area contributed by atoms with Gasteiger partial charge in [0, 0.05) is 27.3 Å². The first-order chi connectivity index (χ1) is 14.1. The SMILES string of the molecule is Cc1cc(Br)ccc1NCc1cc(Cl)ccc1OCc1cccc2ccccc12. The Morgan fingerprint density at radius 3 is 2.59 bits per heavy atom. The molecular formula is C25H21BrClNO. The van der Waals surface area contributed by atoms with E-state index in [2.05, 4.69) is 82.8 Å². The van der Waals surface area contributed by atoms with E-state index in [4.69, 9.17) is 16.3 Å². The maximum absolute atomic E-state index is 6.26. The Labute approximate surface area is 184 Å². The number of hydrogen-bond acceptors (Lipinski definition) is 2. The van der Waals surface area contributed by atoms with E-state index in [1.54, 1.807) is 0 Å². The second-order valence-electron chi connectivity index (χ2n) is 6.99. The van der Waals surface area contributed by atoms with Gasteiger partial charge >= 0.3 is 0 Å². The fraction of sp³-hybridized carbons (Fsp3) is 0.120. The maximum atomic E-state index is 6.26. The minimum absolute atomic E-state index is 0.507. The number of fused-ring (bicyclic) bond motifs is 1. The zero-order chi connectivity index (χ0) is 20.2. The normalized spacial score (nSPS) is 10.9. The van der Waals surface area contributed by atoms with Gasteiger partial charge in [-0.25, -0.2) is 0 Å². The lowest BCUT2D eigenvalue weighted by Gasteiger charge is -2.15. The molecule has 146 valence electrons. The molecule has 4 heteroatoms. The molecule has 4 aromatic carbocycles. The zero-order valence-electron chi connectivity index (χ0n) is 16.1. The van der Waals surface area contributed by atoms with Crippen LogP contribution in [-0.2, 0) is 13.2 Å². The maximum Gasteiger partial charge on any atom is 0.124 e.